The molecule has 0 amide bonds. The number of aromatic nitrogens is 2. The molecule has 0 aliphatic rings. The van der Waals surface area contributed by atoms with Gasteiger partial charge in [-0.2, -0.15) is 5.10 Å². The second-order valence-electron chi connectivity index (χ2n) is 4.83. The number of hydrogen-bond donors (Lipinski definition) is 1. The zero-order valence-electron chi connectivity index (χ0n) is 12.3. The standard InChI is InChI=1S/C15H19N5/c1-11-9-12(2)18-15(17-11)19-16-10-13-5-7-14(8-6-13)20(3)4/h5-10H,1-4H3,(H,17,18,19)/b16-10+. The van der Waals surface area contributed by atoms with Crippen molar-refractivity contribution in [3.8, 4) is 0 Å². The van der Waals surface area contributed by atoms with E-state index in [0.717, 1.165) is 22.6 Å². The molecule has 20 heavy (non-hydrogen) atoms. The molecule has 5 heteroatoms. The number of aryl methyl sites for hydroxylation is 2. The fraction of sp³-hybridized carbons (Fsp3) is 0.267. The van der Waals surface area contributed by atoms with Crippen molar-refractivity contribution < 1.29 is 0 Å². The van der Waals surface area contributed by atoms with E-state index in [-0.39, 0.29) is 0 Å². The maximum atomic E-state index is 4.26. The van der Waals surface area contributed by atoms with Crippen LogP contribution in [0.1, 0.15) is 17.0 Å². The highest BCUT2D eigenvalue weighted by Gasteiger charge is 1.97. The lowest BCUT2D eigenvalue weighted by Gasteiger charge is -2.11. The van der Waals surface area contributed by atoms with Crippen LogP contribution in [0.25, 0.3) is 0 Å². The summed E-state index contributed by atoms with van der Waals surface area (Å²) < 4.78 is 0. The Hall–Kier alpha value is -2.43. The van der Waals surface area contributed by atoms with E-state index in [9.17, 15) is 0 Å². The van der Waals surface area contributed by atoms with E-state index in [1.807, 2.05) is 46.1 Å². The Labute approximate surface area is 119 Å². The van der Waals surface area contributed by atoms with E-state index >= 15 is 0 Å². The molecule has 0 saturated heterocycles. The number of nitrogens with zero attached hydrogens (tertiary/aromatic N) is 4. The van der Waals surface area contributed by atoms with Crippen LogP contribution in [0.5, 0.6) is 0 Å². The van der Waals surface area contributed by atoms with Crippen LogP contribution in [0, 0.1) is 13.8 Å². The highest BCUT2D eigenvalue weighted by molar-refractivity contribution is 5.80. The van der Waals surface area contributed by atoms with Gasteiger partial charge in [0.1, 0.15) is 0 Å². The van der Waals surface area contributed by atoms with Crippen LogP contribution < -0.4 is 10.3 Å². The molecule has 5 nitrogen and oxygen atoms in total. The van der Waals surface area contributed by atoms with Gasteiger partial charge in [-0.1, -0.05) is 12.1 Å². The predicted octanol–water partition coefficient (Wildman–Crippen LogP) is 2.61. The molecule has 0 spiro atoms. The molecule has 0 bridgehead atoms. The molecule has 0 unspecified atom stereocenters. The molecule has 1 aromatic carbocycles. The fourth-order valence-corrected chi connectivity index (χ4v) is 1.80. The number of rotatable bonds is 4. The third-order valence-electron chi connectivity index (χ3n) is 2.77. The Bertz CT molecular complexity index is 582. The van der Waals surface area contributed by atoms with Gasteiger partial charge < -0.3 is 4.90 Å². The first-order valence-electron chi connectivity index (χ1n) is 6.43. The van der Waals surface area contributed by atoms with Crippen LogP contribution >= 0.6 is 0 Å². The van der Waals surface area contributed by atoms with Gasteiger partial charge in [0, 0.05) is 31.2 Å². The van der Waals surface area contributed by atoms with E-state index in [4.69, 9.17) is 0 Å². The normalized spacial score (nSPS) is 10.8. The van der Waals surface area contributed by atoms with Gasteiger partial charge in [0.05, 0.1) is 6.21 Å². The first-order chi connectivity index (χ1) is 9.54. The minimum Gasteiger partial charge on any atom is -0.378 e. The minimum absolute atomic E-state index is 0.517. The van der Waals surface area contributed by atoms with Crippen molar-refractivity contribution in [2.24, 2.45) is 5.10 Å². The van der Waals surface area contributed by atoms with Crippen LogP contribution in [0.15, 0.2) is 35.4 Å². The van der Waals surface area contributed by atoms with Gasteiger partial charge in [0.2, 0.25) is 5.95 Å². The Morgan fingerprint density at radius 3 is 2.20 bits per heavy atom. The van der Waals surface area contributed by atoms with Crippen molar-refractivity contribution >= 4 is 17.9 Å². The lowest BCUT2D eigenvalue weighted by molar-refractivity contribution is 1.04. The Kier molecular flexibility index (Phi) is 4.30. The average molecular weight is 269 g/mol. The van der Waals surface area contributed by atoms with Gasteiger partial charge in [0.25, 0.3) is 0 Å². The molecule has 1 aromatic heterocycles. The van der Waals surface area contributed by atoms with Crippen molar-refractivity contribution in [3.63, 3.8) is 0 Å². The largest absolute Gasteiger partial charge is 0.378 e. The molecule has 0 aliphatic heterocycles. The summed E-state index contributed by atoms with van der Waals surface area (Å²) in [5.41, 5.74) is 6.87. The Morgan fingerprint density at radius 2 is 1.65 bits per heavy atom. The zero-order chi connectivity index (χ0) is 14.5. The minimum atomic E-state index is 0.517. The maximum absolute atomic E-state index is 4.26. The second-order valence-corrected chi connectivity index (χ2v) is 4.83. The third-order valence-corrected chi connectivity index (χ3v) is 2.77. The molecule has 2 aromatic rings. The predicted molar refractivity (Wildman–Crippen MR) is 83.5 cm³/mol. The van der Waals surface area contributed by atoms with Gasteiger partial charge in [-0.05, 0) is 37.6 Å². The molecule has 0 aliphatic carbocycles. The smallest absolute Gasteiger partial charge is 0.243 e. The van der Waals surface area contributed by atoms with E-state index in [2.05, 4.69) is 37.5 Å². The number of hydrazone groups is 1. The topological polar surface area (TPSA) is 53.4 Å². The molecule has 0 saturated carbocycles. The number of benzene rings is 1. The molecule has 0 fully saturated rings. The van der Waals surface area contributed by atoms with E-state index < -0.39 is 0 Å². The van der Waals surface area contributed by atoms with E-state index in [1.165, 1.54) is 0 Å². The molecule has 1 N–H and O–H groups in total. The summed E-state index contributed by atoms with van der Waals surface area (Å²) >= 11 is 0. The van der Waals surface area contributed by atoms with Crippen LogP contribution in [-0.4, -0.2) is 30.3 Å². The summed E-state index contributed by atoms with van der Waals surface area (Å²) in [5.74, 6) is 0.517. The molecule has 1 heterocycles. The molecule has 2 rings (SSSR count). The van der Waals surface area contributed by atoms with Gasteiger partial charge in [-0.3, -0.25) is 0 Å². The van der Waals surface area contributed by atoms with Gasteiger partial charge >= 0.3 is 0 Å². The Morgan fingerprint density at radius 1 is 1.05 bits per heavy atom. The monoisotopic (exact) mass is 269 g/mol. The maximum Gasteiger partial charge on any atom is 0.243 e. The van der Waals surface area contributed by atoms with Crippen molar-refractivity contribution in [2.45, 2.75) is 13.8 Å². The van der Waals surface area contributed by atoms with Crippen LogP contribution in [0.2, 0.25) is 0 Å². The molecule has 0 atom stereocenters. The fourth-order valence-electron chi connectivity index (χ4n) is 1.80. The number of hydrogen-bond acceptors (Lipinski definition) is 5. The average Bonchev–Trinajstić information content (AvgIpc) is 2.38. The number of anilines is 2. The van der Waals surface area contributed by atoms with Crippen LogP contribution in [0.4, 0.5) is 11.6 Å². The van der Waals surface area contributed by atoms with Crippen molar-refractivity contribution in [3.05, 3.63) is 47.3 Å². The first-order valence-corrected chi connectivity index (χ1v) is 6.43. The van der Waals surface area contributed by atoms with E-state index in [1.54, 1.807) is 6.21 Å². The van der Waals surface area contributed by atoms with Crippen molar-refractivity contribution in [1.29, 1.82) is 0 Å². The zero-order valence-corrected chi connectivity index (χ0v) is 12.3. The first kappa shape index (κ1) is 14.0. The third kappa shape index (κ3) is 3.78. The van der Waals surface area contributed by atoms with Crippen molar-refractivity contribution in [1.82, 2.24) is 9.97 Å². The van der Waals surface area contributed by atoms with E-state index in [0.29, 0.717) is 5.95 Å². The summed E-state index contributed by atoms with van der Waals surface area (Å²) in [6.45, 7) is 3.87. The molecular formula is C15H19N5. The van der Waals surface area contributed by atoms with Crippen LogP contribution in [-0.2, 0) is 0 Å². The highest BCUT2D eigenvalue weighted by Crippen LogP contribution is 2.11. The summed E-state index contributed by atoms with van der Waals surface area (Å²) in [6.07, 6.45) is 1.75. The lowest BCUT2D eigenvalue weighted by Crippen LogP contribution is -2.08. The number of nitrogens with one attached hydrogen (secondary N) is 1. The Balaban J connectivity index is 2.02. The lowest BCUT2D eigenvalue weighted by atomic mass is 10.2. The van der Waals surface area contributed by atoms with Gasteiger partial charge in [-0.15, -0.1) is 0 Å². The molecule has 104 valence electrons. The SMILES string of the molecule is Cc1cc(C)nc(N/N=C/c2ccc(N(C)C)cc2)n1. The molecule has 0 radical (unpaired) electrons. The highest BCUT2D eigenvalue weighted by atomic mass is 15.3. The molecular weight excluding hydrogens is 250 g/mol. The van der Waals surface area contributed by atoms with Crippen LogP contribution in [0.3, 0.4) is 0 Å². The van der Waals surface area contributed by atoms with Gasteiger partial charge in [-0.25, -0.2) is 15.4 Å². The summed E-state index contributed by atoms with van der Waals surface area (Å²) in [4.78, 5) is 10.6. The second kappa shape index (κ2) is 6.14. The van der Waals surface area contributed by atoms with Gasteiger partial charge in [0.15, 0.2) is 0 Å². The summed E-state index contributed by atoms with van der Waals surface area (Å²) in [7, 11) is 4.03. The quantitative estimate of drug-likeness (QED) is 0.684. The van der Waals surface area contributed by atoms with Crippen molar-refractivity contribution in [2.75, 3.05) is 24.4 Å². The summed E-state index contributed by atoms with van der Waals surface area (Å²) in [5, 5.41) is 4.15. The summed E-state index contributed by atoms with van der Waals surface area (Å²) in [6, 6.07) is 10.1.